The van der Waals surface area contributed by atoms with Crippen LogP contribution in [0.5, 0.6) is 5.75 Å². The number of methoxy groups -OCH3 is 1. The molecule has 0 unspecified atom stereocenters. The first-order valence-electron chi connectivity index (χ1n) is 18.2. The molecule has 0 bridgehead atoms. The van der Waals surface area contributed by atoms with Crippen LogP contribution in [-0.2, 0) is 27.5 Å². The second kappa shape index (κ2) is 18.3. The van der Waals surface area contributed by atoms with E-state index in [0.29, 0.717) is 85.4 Å². The Bertz CT molecular complexity index is 1910. The van der Waals surface area contributed by atoms with Crippen molar-refractivity contribution in [1.29, 1.82) is 0 Å². The molecule has 2 saturated heterocycles. The van der Waals surface area contributed by atoms with Crippen LogP contribution in [0, 0.1) is 11.8 Å². The van der Waals surface area contributed by atoms with E-state index in [-0.39, 0.29) is 36.0 Å². The number of nitrogens with zero attached hydrogens (tertiary/aromatic N) is 5. The third kappa shape index (κ3) is 10.5. The van der Waals surface area contributed by atoms with Crippen LogP contribution in [-0.4, -0.2) is 79.0 Å². The highest BCUT2D eigenvalue weighted by molar-refractivity contribution is 6.32. The molecular formula is C40H46Cl2N8O4. The lowest BCUT2D eigenvalue weighted by Crippen LogP contribution is -2.48. The number of hydrogen-bond donors (Lipinski definition) is 3. The molecule has 284 valence electrons. The highest BCUT2D eigenvalue weighted by atomic mass is 35.5. The van der Waals surface area contributed by atoms with Crippen LogP contribution in [0.15, 0.2) is 79.0 Å². The van der Waals surface area contributed by atoms with Gasteiger partial charge in [-0.3, -0.25) is 14.4 Å². The maximum absolute atomic E-state index is 13.2. The molecule has 2 aliphatic rings. The lowest BCUT2D eigenvalue weighted by molar-refractivity contribution is -0.129. The van der Waals surface area contributed by atoms with Gasteiger partial charge in [-0.2, -0.15) is 4.98 Å². The van der Waals surface area contributed by atoms with Gasteiger partial charge in [-0.25, -0.2) is 4.98 Å². The molecule has 0 radical (unpaired) electrons. The SMILES string of the molecule is COc1cc(N2CCN(C(C)=O)CC2)ccc1Nc1ncc(Cl)c(N2C[C@H](CC(=O)NCc3ccc(Cl)cc3)C[C@H](CC(=O)NCc3ccccc3)C2)n1. The first kappa shape index (κ1) is 38.6. The zero-order chi connectivity index (χ0) is 38.0. The number of anilines is 4. The molecule has 1 aromatic heterocycles. The van der Waals surface area contributed by atoms with E-state index in [0.717, 1.165) is 29.9 Å². The summed E-state index contributed by atoms with van der Waals surface area (Å²) in [5, 5.41) is 10.4. The van der Waals surface area contributed by atoms with Gasteiger partial charge in [-0.05, 0) is 53.6 Å². The number of hydrogen-bond acceptors (Lipinski definition) is 9. The van der Waals surface area contributed by atoms with E-state index in [1.807, 2.05) is 65.6 Å². The summed E-state index contributed by atoms with van der Waals surface area (Å²) in [6, 6.07) is 23.1. The Labute approximate surface area is 326 Å². The van der Waals surface area contributed by atoms with Crippen molar-refractivity contribution in [3.05, 3.63) is 100 Å². The Hall–Kier alpha value is -5.07. The third-order valence-electron chi connectivity index (χ3n) is 9.85. The number of carbonyl (C=O) groups is 3. The number of amides is 3. The van der Waals surface area contributed by atoms with Gasteiger partial charge in [0.25, 0.3) is 0 Å². The summed E-state index contributed by atoms with van der Waals surface area (Å²) in [6.07, 6.45) is 2.84. The number of halogens is 2. The Morgan fingerprint density at radius 2 is 1.44 bits per heavy atom. The molecule has 0 aliphatic carbocycles. The first-order valence-corrected chi connectivity index (χ1v) is 18.9. The molecule has 2 fully saturated rings. The summed E-state index contributed by atoms with van der Waals surface area (Å²) in [5.41, 5.74) is 3.66. The monoisotopic (exact) mass is 772 g/mol. The van der Waals surface area contributed by atoms with Crippen molar-refractivity contribution < 1.29 is 19.1 Å². The Kier molecular flexibility index (Phi) is 13.1. The summed E-state index contributed by atoms with van der Waals surface area (Å²) in [7, 11) is 1.61. The van der Waals surface area contributed by atoms with Crippen molar-refractivity contribution in [1.82, 2.24) is 25.5 Å². The number of aromatic nitrogens is 2. The summed E-state index contributed by atoms with van der Waals surface area (Å²) in [6.45, 7) is 6.31. The van der Waals surface area contributed by atoms with E-state index in [2.05, 4.69) is 30.7 Å². The molecule has 0 spiro atoms. The average Bonchev–Trinajstić information content (AvgIpc) is 3.18. The molecule has 3 amide bonds. The largest absolute Gasteiger partial charge is 0.494 e. The number of carbonyl (C=O) groups excluding carboxylic acids is 3. The zero-order valence-electron chi connectivity index (χ0n) is 30.6. The Morgan fingerprint density at radius 3 is 2.06 bits per heavy atom. The fourth-order valence-corrected chi connectivity index (χ4v) is 7.41. The second-order valence-electron chi connectivity index (χ2n) is 13.8. The van der Waals surface area contributed by atoms with Gasteiger partial charge in [0.15, 0.2) is 5.82 Å². The third-order valence-corrected chi connectivity index (χ3v) is 10.4. The van der Waals surface area contributed by atoms with Gasteiger partial charge >= 0.3 is 0 Å². The lowest BCUT2D eigenvalue weighted by atomic mass is 9.85. The maximum Gasteiger partial charge on any atom is 0.229 e. The van der Waals surface area contributed by atoms with Crippen LogP contribution in [0.1, 0.15) is 37.3 Å². The van der Waals surface area contributed by atoms with E-state index in [1.54, 1.807) is 32.4 Å². The fourth-order valence-electron chi connectivity index (χ4n) is 7.08. The smallest absolute Gasteiger partial charge is 0.229 e. The van der Waals surface area contributed by atoms with Crippen LogP contribution in [0.4, 0.5) is 23.1 Å². The number of nitrogens with one attached hydrogen (secondary N) is 3. The Balaban J connectivity index is 1.15. The number of piperazine rings is 1. The molecule has 3 N–H and O–H groups in total. The molecule has 4 aromatic rings. The topological polar surface area (TPSA) is 132 Å². The van der Waals surface area contributed by atoms with Gasteiger partial charge in [-0.1, -0.05) is 65.7 Å². The zero-order valence-corrected chi connectivity index (χ0v) is 32.1. The lowest BCUT2D eigenvalue weighted by Gasteiger charge is -2.38. The van der Waals surface area contributed by atoms with Crippen molar-refractivity contribution in [2.24, 2.45) is 11.8 Å². The van der Waals surface area contributed by atoms with Crippen LogP contribution >= 0.6 is 23.2 Å². The van der Waals surface area contributed by atoms with Crippen LogP contribution < -0.4 is 30.5 Å². The van der Waals surface area contributed by atoms with Crippen molar-refractivity contribution in [2.75, 3.05) is 61.5 Å². The predicted molar refractivity (Wildman–Crippen MR) is 212 cm³/mol. The van der Waals surface area contributed by atoms with E-state index < -0.39 is 0 Å². The number of benzene rings is 3. The van der Waals surface area contributed by atoms with Gasteiger partial charge < -0.3 is 35.4 Å². The van der Waals surface area contributed by atoms with Crippen molar-refractivity contribution in [3.8, 4) is 5.75 Å². The highest BCUT2D eigenvalue weighted by Crippen LogP contribution is 2.35. The molecule has 3 heterocycles. The molecule has 12 nitrogen and oxygen atoms in total. The Morgan fingerprint density at radius 1 is 0.815 bits per heavy atom. The molecule has 54 heavy (non-hydrogen) atoms. The molecule has 0 saturated carbocycles. The van der Waals surface area contributed by atoms with Gasteiger partial charge in [0.1, 0.15) is 10.8 Å². The van der Waals surface area contributed by atoms with Gasteiger partial charge in [0, 0.05) is 88.9 Å². The normalized spacial score (nSPS) is 17.1. The summed E-state index contributed by atoms with van der Waals surface area (Å²) in [5.74, 6) is 1.33. The standard InChI is InChI=1S/C40H46Cl2N8O4/c1-27(51)48-14-16-49(17-15-48)33-12-13-35(36(21-33)54-2)46-40-45-24-34(42)39(47-40)50-25-30(19-37(52)43-22-28-6-4-3-5-7-28)18-31(26-50)20-38(53)44-23-29-8-10-32(41)11-9-29/h3-13,21,24,30-31H,14-20,22-23,25-26H2,1-2H3,(H,43,52)(H,44,53)(H,45,46,47)/t30-,31+/m1/s1. The maximum atomic E-state index is 13.2. The van der Waals surface area contributed by atoms with Crippen LogP contribution in [0.2, 0.25) is 10.0 Å². The van der Waals surface area contributed by atoms with Crippen molar-refractivity contribution in [3.63, 3.8) is 0 Å². The van der Waals surface area contributed by atoms with E-state index >= 15 is 0 Å². The quantitative estimate of drug-likeness (QED) is 0.149. The molecule has 2 aliphatic heterocycles. The number of piperidine rings is 1. The summed E-state index contributed by atoms with van der Waals surface area (Å²) in [4.78, 5) is 53.6. The van der Waals surface area contributed by atoms with Gasteiger partial charge in [0.05, 0.1) is 19.0 Å². The summed E-state index contributed by atoms with van der Waals surface area (Å²) < 4.78 is 5.75. The number of rotatable bonds is 13. The minimum Gasteiger partial charge on any atom is -0.494 e. The second-order valence-corrected chi connectivity index (χ2v) is 14.7. The van der Waals surface area contributed by atoms with Crippen molar-refractivity contribution in [2.45, 2.75) is 39.3 Å². The minimum atomic E-state index is -0.0727. The predicted octanol–water partition coefficient (Wildman–Crippen LogP) is 6.06. The van der Waals surface area contributed by atoms with Crippen LogP contribution in [0.25, 0.3) is 0 Å². The number of ether oxygens (including phenoxy) is 1. The van der Waals surface area contributed by atoms with Crippen LogP contribution in [0.3, 0.4) is 0 Å². The minimum absolute atomic E-state index is 0.0454. The van der Waals surface area contributed by atoms with Gasteiger partial charge in [-0.15, -0.1) is 0 Å². The first-order chi connectivity index (χ1) is 26.1. The highest BCUT2D eigenvalue weighted by Gasteiger charge is 2.32. The van der Waals surface area contributed by atoms with Crippen molar-refractivity contribution >= 4 is 64.1 Å². The molecule has 3 aromatic carbocycles. The molecular weight excluding hydrogens is 727 g/mol. The molecule has 6 rings (SSSR count). The fraction of sp³-hybridized carbons (Fsp3) is 0.375. The van der Waals surface area contributed by atoms with Gasteiger partial charge in [0.2, 0.25) is 23.7 Å². The van der Waals surface area contributed by atoms with E-state index in [1.165, 1.54) is 0 Å². The molecule has 2 atom stereocenters. The molecule has 14 heteroatoms. The van der Waals surface area contributed by atoms with E-state index in [4.69, 9.17) is 32.9 Å². The average molecular weight is 774 g/mol. The van der Waals surface area contributed by atoms with E-state index in [9.17, 15) is 14.4 Å². The summed E-state index contributed by atoms with van der Waals surface area (Å²) >= 11 is 12.8.